The fraction of sp³-hybridized carbons (Fsp3) is 0.355. The van der Waals surface area contributed by atoms with Crippen molar-refractivity contribution in [1.29, 1.82) is 0 Å². The van der Waals surface area contributed by atoms with Gasteiger partial charge in [-0.1, -0.05) is 35.3 Å². The number of aromatic nitrogens is 5. The first-order chi connectivity index (χ1) is 20.4. The van der Waals surface area contributed by atoms with E-state index in [1.807, 2.05) is 12.1 Å². The van der Waals surface area contributed by atoms with Crippen LogP contribution in [-0.4, -0.2) is 73.6 Å². The van der Waals surface area contributed by atoms with Gasteiger partial charge in [0.15, 0.2) is 0 Å². The standard InChI is InChI=1S/C31H33Cl2N9/c1-40-10-12-41(13-11-40)22-6-8-23(9-7-22)42-17-25(28-29(34)36-18-37-30(28)42)19-2-4-21(5-3-19)38-31-35-16-24-26(33)14-20(32)15-27(24)39-31/h2-5,14-18,22-23H,6-13H2,1H3,(H2,34,36,37)(H,35,38,39)/t22-,23+. The molecule has 2 aromatic carbocycles. The molecule has 0 unspecified atom stereocenters. The number of nitrogens with one attached hydrogen (secondary N) is 1. The second-order valence-corrected chi connectivity index (χ2v) is 12.3. The maximum Gasteiger partial charge on any atom is 0.227 e. The molecule has 11 heteroatoms. The fourth-order valence-electron chi connectivity index (χ4n) is 6.48. The van der Waals surface area contributed by atoms with Gasteiger partial charge in [0.2, 0.25) is 5.95 Å². The number of nitrogens with zero attached hydrogens (tertiary/aromatic N) is 7. The molecule has 216 valence electrons. The van der Waals surface area contributed by atoms with Gasteiger partial charge in [0.25, 0.3) is 0 Å². The summed E-state index contributed by atoms with van der Waals surface area (Å²) in [4.78, 5) is 23.2. The minimum Gasteiger partial charge on any atom is -0.383 e. The molecule has 4 heterocycles. The van der Waals surface area contributed by atoms with Gasteiger partial charge >= 0.3 is 0 Å². The van der Waals surface area contributed by atoms with Gasteiger partial charge in [0.1, 0.15) is 17.8 Å². The Morgan fingerprint density at radius 2 is 1.64 bits per heavy atom. The van der Waals surface area contributed by atoms with Crippen molar-refractivity contribution in [3.05, 3.63) is 65.2 Å². The number of likely N-dealkylation sites (N-methyl/N-ethyl adjacent to an activating group) is 1. The first kappa shape index (κ1) is 27.3. The third kappa shape index (κ3) is 5.26. The molecule has 1 aliphatic carbocycles. The van der Waals surface area contributed by atoms with Crippen molar-refractivity contribution in [2.24, 2.45) is 0 Å². The van der Waals surface area contributed by atoms with Crippen molar-refractivity contribution in [3.8, 4) is 11.1 Å². The van der Waals surface area contributed by atoms with E-state index in [4.69, 9.17) is 33.9 Å². The van der Waals surface area contributed by atoms with Gasteiger partial charge in [0, 0.05) is 72.3 Å². The summed E-state index contributed by atoms with van der Waals surface area (Å²) >= 11 is 12.5. The Kier molecular flexibility index (Phi) is 7.35. The Labute approximate surface area is 254 Å². The number of hydrogen-bond acceptors (Lipinski definition) is 8. The molecule has 1 aliphatic heterocycles. The van der Waals surface area contributed by atoms with Gasteiger partial charge < -0.3 is 20.5 Å². The van der Waals surface area contributed by atoms with Gasteiger partial charge in [-0.2, -0.15) is 0 Å². The normalized spacial score (nSPS) is 20.4. The molecule has 5 aromatic rings. The van der Waals surface area contributed by atoms with Crippen molar-refractivity contribution in [3.63, 3.8) is 0 Å². The second kappa shape index (κ2) is 11.3. The van der Waals surface area contributed by atoms with E-state index in [0.29, 0.717) is 39.4 Å². The molecule has 7 rings (SSSR count). The SMILES string of the molecule is CN1CCN([C@H]2CC[C@@H](n3cc(-c4ccc(Nc5ncc6c(Cl)cc(Cl)cc6n5)cc4)c4c(N)ncnc43)CC2)CC1. The van der Waals surface area contributed by atoms with Crippen molar-refractivity contribution in [1.82, 2.24) is 34.3 Å². The highest BCUT2D eigenvalue weighted by atomic mass is 35.5. The van der Waals surface area contributed by atoms with Crippen LogP contribution >= 0.6 is 23.2 Å². The summed E-state index contributed by atoms with van der Waals surface area (Å²) in [5.74, 6) is 0.971. The predicted octanol–water partition coefficient (Wildman–Crippen LogP) is 6.41. The van der Waals surface area contributed by atoms with Gasteiger partial charge in [-0.25, -0.2) is 19.9 Å². The number of benzene rings is 2. The van der Waals surface area contributed by atoms with Gasteiger partial charge in [-0.3, -0.25) is 4.90 Å². The average molecular weight is 603 g/mol. The highest BCUT2D eigenvalue weighted by Crippen LogP contribution is 2.39. The molecule has 42 heavy (non-hydrogen) atoms. The molecule has 0 radical (unpaired) electrons. The Morgan fingerprint density at radius 1 is 0.905 bits per heavy atom. The minimum absolute atomic E-state index is 0.396. The number of hydrogen-bond donors (Lipinski definition) is 2. The molecule has 1 saturated heterocycles. The summed E-state index contributed by atoms with van der Waals surface area (Å²) in [5.41, 5.74) is 11.0. The van der Waals surface area contributed by atoms with Crippen LogP contribution in [0, 0.1) is 0 Å². The van der Waals surface area contributed by atoms with E-state index in [-0.39, 0.29) is 0 Å². The number of rotatable bonds is 5. The van der Waals surface area contributed by atoms with E-state index in [1.165, 1.54) is 25.9 Å². The largest absolute Gasteiger partial charge is 0.383 e. The number of fused-ring (bicyclic) bond motifs is 2. The van der Waals surface area contributed by atoms with Gasteiger partial charge in [-0.05, 0) is 62.6 Å². The fourth-order valence-corrected chi connectivity index (χ4v) is 7.01. The molecule has 3 N–H and O–H groups in total. The van der Waals surface area contributed by atoms with Gasteiger partial charge in [0.05, 0.1) is 15.9 Å². The molecule has 0 bridgehead atoms. The number of nitrogens with two attached hydrogens (primary N) is 1. The smallest absolute Gasteiger partial charge is 0.227 e. The molecule has 0 spiro atoms. The molecule has 1 saturated carbocycles. The molecule has 0 amide bonds. The zero-order chi connectivity index (χ0) is 28.8. The summed E-state index contributed by atoms with van der Waals surface area (Å²) in [6.07, 6.45) is 10.2. The average Bonchev–Trinajstić information content (AvgIpc) is 3.39. The van der Waals surface area contributed by atoms with E-state index < -0.39 is 0 Å². The Balaban J connectivity index is 1.12. The Bertz CT molecular complexity index is 1740. The van der Waals surface area contributed by atoms with Crippen molar-refractivity contribution >= 4 is 62.6 Å². The summed E-state index contributed by atoms with van der Waals surface area (Å²) in [7, 11) is 2.22. The zero-order valence-electron chi connectivity index (χ0n) is 23.5. The van der Waals surface area contributed by atoms with Gasteiger partial charge in [-0.15, -0.1) is 0 Å². The topological polar surface area (TPSA) is 101 Å². The monoisotopic (exact) mass is 601 g/mol. The predicted molar refractivity (Wildman–Crippen MR) is 171 cm³/mol. The molecule has 9 nitrogen and oxygen atoms in total. The summed E-state index contributed by atoms with van der Waals surface area (Å²) in [6, 6.07) is 12.7. The first-order valence-corrected chi connectivity index (χ1v) is 15.2. The lowest BCUT2D eigenvalue weighted by Gasteiger charge is -2.41. The number of piperazine rings is 1. The van der Waals surface area contributed by atoms with Crippen LogP contribution in [0.15, 0.2) is 55.1 Å². The molecule has 0 atom stereocenters. The van der Waals surface area contributed by atoms with Crippen LogP contribution in [0.1, 0.15) is 31.7 Å². The highest BCUT2D eigenvalue weighted by Gasteiger charge is 2.30. The first-order valence-electron chi connectivity index (χ1n) is 14.5. The maximum atomic E-state index is 6.44. The molecular formula is C31H33Cl2N9. The lowest BCUT2D eigenvalue weighted by molar-refractivity contribution is 0.0828. The zero-order valence-corrected chi connectivity index (χ0v) is 25.0. The van der Waals surface area contributed by atoms with Crippen molar-refractivity contribution in [2.75, 3.05) is 44.3 Å². The maximum absolute atomic E-state index is 6.44. The third-order valence-electron chi connectivity index (χ3n) is 8.82. The summed E-state index contributed by atoms with van der Waals surface area (Å²) in [6.45, 7) is 4.67. The van der Waals surface area contributed by atoms with E-state index in [0.717, 1.165) is 59.2 Å². The lowest BCUT2D eigenvalue weighted by atomic mass is 9.89. The number of anilines is 3. The van der Waals surface area contributed by atoms with E-state index in [2.05, 4.69) is 60.0 Å². The van der Waals surface area contributed by atoms with Crippen molar-refractivity contribution in [2.45, 2.75) is 37.8 Å². The number of nitrogen functional groups attached to an aromatic ring is 1. The van der Waals surface area contributed by atoms with Crippen LogP contribution < -0.4 is 11.1 Å². The van der Waals surface area contributed by atoms with Crippen LogP contribution in [0.4, 0.5) is 17.5 Å². The van der Waals surface area contributed by atoms with Crippen LogP contribution in [0.25, 0.3) is 33.1 Å². The van der Waals surface area contributed by atoms with Crippen LogP contribution in [0.3, 0.4) is 0 Å². The number of halogens is 2. The minimum atomic E-state index is 0.396. The Morgan fingerprint density at radius 3 is 2.40 bits per heavy atom. The second-order valence-electron chi connectivity index (χ2n) is 11.4. The molecular weight excluding hydrogens is 569 g/mol. The molecule has 2 fully saturated rings. The van der Waals surface area contributed by atoms with E-state index in [1.54, 1.807) is 24.7 Å². The van der Waals surface area contributed by atoms with E-state index in [9.17, 15) is 0 Å². The quantitative estimate of drug-likeness (QED) is 0.238. The highest BCUT2D eigenvalue weighted by molar-refractivity contribution is 6.38. The molecule has 3 aromatic heterocycles. The lowest BCUT2D eigenvalue weighted by Crippen LogP contribution is -2.49. The van der Waals surface area contributed by atoms with E-state index >= 15 is 0 Å². The summed E-state index contributed by atoms with van der Waals surface area (Å²) < 4.78 is 2.34. The summed E-state index contributed by atoms with van der Waals surface area (Å²) in [5, 5.41) is 6.01. The Hall–Kier alpha value is -3.50. The molecule has 2 aliphatic rings. The van der Waals surface area contributed by atoms with Crippen LogP contribution in [0.2, 0.25) is 10.0 Å². The van der Waals surface area contributed by atoms with Crippen LogP contribution in [-0.2, 0) is 0 Å². The third-order valence-corrected chi connectivity index (χ3v) is 9.35. The van der Waals surface area contributed by atoms with Crippen molar-refractivity contribution < 1.29 is 0 Å². The van der Waals surface area contributed by atoms with Crippen LogP contribution in [0.5, 0.6) is 0 Å².